The molecule has 6 heteroatoms. The van der Waals surface area contributed by atoms with Gasteiger partial charge in [0.25, 0.3) is 0 Å². The number of hydrogen-bond acceptors (Lipinski definition) is 5. The number of ether oxygens (including phenoxy) is 1. The Kier molecular flexibility index (Phi) is 2.63. The molecular formula is C9H11N3O3. The van der Waals surface area contributed by atoms with Crippen LogP contribution < -0.4 is 0 Å². The van der Waals surface area contributed by atoms with Gasteiger partial charge < -0.3 is 14.9 Å². The fourth-order valence-electron chi connectivity index (χ4n) is 1.30. The van der Waals surface area contributed by atoms with E-state index >= 15 is 0 Å². The first kappa shape index (κ1) is 10.0. The molecule has 2 heterocycles. The number of imidazole rings is 1. The zero-order valence-corrected chi connectivity index (χ0v) is 8.16. The van der Waals surface area contributed by atoms with Crippen LogP contribution in [0.4, 0.5) is 0 Å². The van der Waals surface area contributed by atoms with Crippen molar-refractivity contribution < 1.29 is 14.9 Å². The van der Waals surface area contributed by atoms with Gasteiger partial charge in [-0.15, -0.1) is 0 Å². The Labute approximate surface area is 85.8 Å². The van der Waals surface area contributed by atoms with Gasteiger partial charge in [0.1, 0.15) is 5.69 Å². The lowest BCUT2D eigenvalue weighted by Gasteiger charge is -2.01. The number of aliphatic hydroxyl groups excluding tert-OH is 1. The van der Waals surface area contributed by atoms with Crippen LogP contribution in [0.5, 0.6) is 0 Å². The van der Waals surface area contributed by atoms with Crippen molar-refractivity contribution in [3.8, 4) is 0 Å². The Balaban J connectivity index is 2.43. The molecule has 0 spiro atoms. The predicted octanol–water partition coefficient (Wildman–Crippen LogP) is -0.141. The van der Waals surface area contributed by atoms with Crippen molar-refractivity contribution in [2.75, 3.05) is 7.11 Å². The molecule has 0 saturated carbocycles. The molecule has 0 unspecified atom stereocenters. The Hall–Kier alpha value is -1.50. The molecule has 0 bridgehead atoms. The van der Waals surface area contributed by atoms with Crippen molar-refractivity contribution in [1.29, 1.82) is 0 Å². The third kappa shape index (κ3) is 1.96. The molecule has 0 aromatic carbocycles. The van der Waals surface area contributed by atoms with Crippen LogP contribution in [0.25, 0.3) is 5.65 Å². The van der Waals surface area contributed by atoms with Crippen molar-refractivity contribution in [2.24, 2.45) is 0 Å². The number of aliphatic hydroxyl groups is 2. The van der Waals surface area contributed by atoms with E-state index in [4.69, 9.17) is 14.9 Å². The van der Waals surface area contributed by atoms with Crippen molar-refractivity contribution in [2.45, 2.75) is 12.9 Å². The molecule has 2 N–H and O–H groups in total. The second-order valence-corrected chi connectivity index (χ2v) is 3.10. The topological polar surface area (TPSA) is 79.9 Å². The van der Waals surface area contributed by atoms with Gasteiger partial charge in [-0.1, -0.05) is 0 Å². The molecule has 0 fully saturated rings. The summed E-state index contributed by atoms with van der Waals surface area (Å²) in [5.41, 5.74) is 1.57. The van der Waals surface area contributed by atoms with Gasteiger partial charge in [-0.05, 0) is 12.1 Å². The summed E-state index contributed by atoms with van der Waals surface area (Å²) in [6, 6.07) is 3.19. The number of methoxy groups -OCH3 is 1. The van der Waals surface area contributed by atoms with Gasteiger partial charge in [-0.3, -0.25) is 0 Å². The Morgan fingerprint density at radius 1 is 1.47 bits per heavy atom. The normalized spacial score (nSPS) is 11.5. The number of fused-ring (bicyclic) bond motifs is 1. The second kappa shape index (κ2) is 3.93. The highest BCUT2D eigenvalue weighted by Crippen LogP contribution is 2.09. The molecule has 6 nitrogen and oxygen atoms in total. The third-order valence-corrected chi connectivity index (χ3v) is 1.95. The molecule has 2 aromatic rings. The van der Waals surface area contributed by atoms with E-state index in [1.807, 2.05) is 0 Å². The summed E-state index contributed by atoms with van der Waals surface area (Å²) < 4.78 is 6.42. The quantitative estimate of drug-likeness (QED) is 0.688. The van der Waals surface area contributed by atoms with E-state index in [1.165, 1.54) is 10.6 Å². The van der Waals surface area contributed by atoms with Crippen molar-refractivity contribution >= 4 is 5.65 Å². The number of rotatable bonds is 3. The van der Waals surface area contributed by atoms with Gasteiger partial charge in [0, 0.05) is 7.11 Å². The van der Waals surface area contributed by atoms with E-state index in [0.29, 0.717) is 12.3 Å². The maximum Gasteiger partial charge on any atom is 0.197 e. The molecule has 0 radical (unpaired) electrons. The predicted molar refractivity (Wildman–Crippen MR) is 50.9 cm³/mol. The van der Waals surface area contributed by atoms with Gasteiger partial charge in [0.2, 0.25) is 0 Å². The highest BCUT2D eigenvalue weighted by molar-refractivity contribution is 5.38. The Morgan fingerprint density at radius 2 is 2.27 bits per heavy atom. The van der Waals surface area contributed by atoms with E-state index < -0.39 is 6.29 Å². The molecule has 0 aliphatic carbocycles. The van der Waals surface area contributed by atoms with Crippen molar-refractivity contribution in [3.63, 3.8) is 0 Å². The lowest BCUT2D eigenvalue weighted by molar-refractivity contribution is -0.0465. The second-order valence-electron chi connectivity index (χ2n) is 3.10. The smallest absolute Gasteiger partial charge is 0.197 e. The first-order chi connectivity index (χ1) is 7.20. The van der Waals surface area contributed by atoms with Gasteiger partial charge in [0.05, 0.1) is 18.5 Å². The summed E-state index contributed by atoms with van der Waals surface area (Å²) in [6.45, 7) is 0.403. The highest BCUT2D eigenvalue weighted by atomic mass is 16.5. The first-order valence-electron chi connectivity index (χ1n) is 4.41. The van der Waals surface area contributed by atoms with Crippen LogP contribution in [0.1, 0.15) is 17.7 Å². The van der Waals surface area contributed by atoms with E-state index in [9.17, 15) is 0 Å². The fraction of sp³-hybridized carbons (Fsp3) is 0.333. The number of nitrogens with zero attached hydrogens (tertiary/aromatic N) is 3. The monoisotopic (exact) mass is 209 g/mol. The zero-order valence-electron chi connectivity index (χ0n) is 8.16. The molecule has 2 aromatic heterocycles. The van der Waals surface area contributed by atoms with E-state index in [2.05, 4.69) is 10.1 Å². The van der Waals surface area contributed by atoms with Crippen LogP contribution in [-0.2, 0) is 11.3 Å². The maximum absolute atomic E-state index is 8.93. The first-order valence-corrected chi connectivity index (χ1v) is 4.41. The van der Waals surface area contributed by atoms with Crippen LogP contribution in [0.3, 0.4) is 0 Å². The average Bonchev–Trinajstić information content (AvgIpc) is 2.59. The SMILES string of the molecule is COCc1cn2nc(C(O)O)ccc2n1. The van der Waals surface area contributed by atoms with E-state index in [-0.39, 0.29) is 5.69 Å². The van der Waals surface area contributed by atoms with Crippen LogP contribution in [0.2, 0.25) is 0 Å². The van der Waals surface area contributed by atoms with Gasteiger partial charge in [-0.2, -0.15) is 5.10 Å². The summed E-state index contributed by atoms with van der Waals surface area (Å²) in [4.78, 5) is 4.22. The van der Waals surface area contributed by atoms with Gasteiger partial charge >= 0.3 is 0 Å². The van der Waals surface area contributed by atoms with E-state index in [1.54, 1.807) is 19.4 Å². The molecule has 0 aliphatic heterocycles. The molecule has 2 rings (SSSR count). The molecule has 0 amide bonds. The number of hydrogen-bond donors (Lipinski definition) is 2. The minimum absolute atomic E-state index is 0.184. The number of aromatic nitrogens is 3. The summed E-state index contributed by atoms with van der Waals surface area (Å²) in [5, 5.41) is 21.8. The molecule has 0 saturated heterocycles. The Bertz CT molecular complexity index is 467. The molecule has 0 aliphatic rings. The molecular weight excluding hydrogens is 198 g/mol. The standard InChI is InChI=1S/C9H11N3O3/c1-15-5-6-4-12-8(10-6)3-2-7(11-12)9(13)14/h2-4,9,13-14H,5H2,1H3. The minimum Gasteiger partial charge on any atom is -0.378 e. The van der Waals surface area contributed by atoms with Crippen LogP contribution in [0, 0.1) is 0 Å². The van der Waals surface area contributed by atoms with Crippen LogP contribution in [-0.4, -0.2) is 31.9 Å². The maximum atomic E-state index is 8.93. The minimum atomic E-state index is -1.57. The fourth-order valence-corrected chi connectivity index (χ4v) is 1.30. The molecule has 15 heavy (non-hydrogen) atoms. The van der Waals surface area contributed by atoms with Gasteiger partial charge in [0.15, 0.2) is 11.9 Å². The summed E-state index contributed by atoms with van der Waals surface area (Å²) in [6.07, 6.45) is 0.118. The lowest BCUT2D eigenvalue weighted by atomic mass is 10.4. The van der Waals surface area contributed by atoms with Crippen LogP contribution >= 0.6 is 0 Å². The van der Waals surface area contributed by atoms with Crippen LogP contribution in [0.15, 0.2) is 18.3 Å². The van der Waals surface area contributed by atoms with Crippen molar-refractivity contribution in [1.82, 2.24) is 14.6 Å². The highest BCUT2D eigenvalue weighted by Gasteiger charge is 2.07. The molecule has 80 valence electrons. The van der Waals surface area contributed by atoms with Gasteiger partial charge in [-0.25, -0.2) is 9.50 Å². The summed E-state index contributed by atoms with van der Waals surface area (Å²) in [7, 11) is 1.58. The third-order valence-electron chi connectivity index (χ3n) is 1.95. The van der Waals surface area contributed by atoms with E-state index in [0.717, 1.165) is 5.69 Å². The summed E-state index contributed by atoms with van der Waals surface area (Å²) in [5.74, 6) is 0. The Morgan fingerprint density at radius 3 is 2.93 bits per heavy atom. The van der Waals surface area contributed by atoms with Crippen molar-refractivity contribution in [3.05, 3.63) is 29.7 Å². The zero-order chi connectivity index (χ0) is 10.8. The largest absolute Gasteiger partial charge is 0.378 e. The lowest BCUT2D eigenvalue weighted by Crippen LogP contribution is -2.02. The average molecular weight is 209 g/mol. The summed E-state index contributed by atoms with van der Waals surface area (Å²) >= 11 is 0. The molecule has 0 atom stereocenters.